The van der Waals surface area contributed by atoms with E-state index in [0.29, 0.717) is 12.2 Å². The van der Waals surface area contributed by atoms with E-state index in [1.165, 1.54) is 11.3 Å². The fraction of sp³-hybridized carbons (Fsp3) is 0.350. The molecule has 0 radical (unpaired) electrons. The molecule has 1 aliphatic heterocycles. The molecule has 0 saturated heterocycles. The van der Waals surface area contributed by atoms with E-state index in [1.807, 2.05) is 48.4 Å². The molecule has 0 spiro atoms. The van der Waals surface area contributed by atoms with E-state index in [1.54, 1.807) is 6.20 Å². The van der Waals surface area contributed by atoms with E-state index in [-0.39, 0.29) is 11.9 Å². The Morgan fingerprint density at radius 2 is 2.19 bits per heavy atom. The lowest BCUT2D eigenvalue weighted by molar-refractivity contribution is 0.0939. The number of carbonyl (C=O) groups is 1. The number of pyridine rings is 1. The summed E-state index contributed by atoms with van der Waals surface area (Å²) < 4.78 is 3.94. The lowest BCUT2D eigenvalue weighted by atomic mass is 10.1. The molecule has 1 N–H and O–H groups in total. The van der Waals surface area contributed by atoms with Crippen molar-refractivity contribution in [2.24, 2.45) is 7.05 Å². The zero-order valence-corrected chi connectivity index (χ0v) is 15.5. The van der Waals surface area contributed by atoms with E-state index < -0.39 is 0 Å². The molecule has 1 aliphatic rings. The molecule has 0 aliphatic carbocycles. The van der Waals surface area contributed by atoms with Crippen molar-refractivity contribution in [2.45, 2.75) is 25.6 Å². The Morgan fingerprint density at radius 3 is 2.96 bits per heavy atom. The molecule has 0 bridgehead atoms. The first-order valence-corrected chi connectivity index (χ1v) is 9.24. The first kappa shape index (κ1) is 17.5. The van der Waals surface area contributed by atoms with E-state index in [4.69, 9.17) is 0 Å². The topological polar surface area (TPSA) is 68.0 Å². The minimum atomic E-state index is -0.0359. The van der Waals surface area contributed by atoms with Crippen LogP contribution in [0.5, 0.6) is 0 Å². The molecule has 1 atom stereocenters. The van der Waals surface area contributed by atoms with Crippen LogP contribution in [0.4, 0.5) is 0 Å². The third kappa shape index (κ3) is 3.93. The Hall–Kier alpha value is -2.93. The standard InChI is InChI=1S/C20H24N6O/c1-24-11-3-5-19(24)20(27)22-9-6-17-14-25(13-16-4-2-8-21-12-16)15-18-7-10-23-26(17)18/h2-5,7-8,10-12,17H,6,9,13-15H2,1H3,(H,22,27)/t17-/m0/s1. The summed E-state index contributed by atoms with van der Waals surface area (Å²) in [5, 5.41) is 7.53. The third-order valence-corrected chi connectivity index (χ3v) is 5.02. The molecular formula is C20H24N6O. The van der Waals surface area contributed by atoms with E-state index >= 15 is 0 Å². The number of rotatable bonds is 6. The number of aryl methyl sites for hydroxylation is 1. The Bertz CT molecular complexity index is 900. The number of fused-ring (bicyclic) bond motifs is 1. The molecule has 7 nitrogen and oxygen atoms in total. The number of nitrogens with zero attached hydrogens (tertiary/aromatic N) is 5. The first-order valence-electron chi connectivity index (χ1n) is 9.24. The lowest BCUT2D eigenvalue weighted by Crippen LogP contribution is -2.39. The van der Waals surface area contributed by atoms with Crippen molar-refractivity contribution >= 4 is 5.91 Å². The largest absolute Gasteiger partial charge is 0.351 e. The average Bonchev–Trinajstić information content (AvgIpc) is 3.31. The predicted octanol–water partition coefficient (Wildman–Crippen LogP) is 1.99. The summed E-state index contributed by atoms with van der Waals surface area (Å²) in [6.45, 7) is 3.27. The number of hydrogen-bond donors (Lipinski definition) is 1. The highest BCUT2D eigenvalue weighted by Crippen LogP contribution is 2.24. The second kappa shape index (κ2) is 7.75. The molecule has 0 unspecified atom stereocenters. The fourth-order valence-corrected chi connectivity index (χ4v) is 3.69. The molecule has 7 heteroatoms. The quantitative estimate of drug-likeness (QED) is 0.726. The number of hydrogen-bond acceptors (Lipinski definition) is 4. The second-order valence-electron chi connectivity index (χ2n) is 7.00. The summed E-state index contributed by atoms with van der Waals surface area (Å²) in [4.78, 5) is 18.9. The Balaban J connectivity index is 1.38. The number of amides is 1. The maximum absolute atomic E-state index is 12.3. The van der Waals surface area contributed by atoms with Crippen LogP contribution in [0.1, 0.15) is 34.2 Å². The summed E-state index contributed by atoms with van der Waals surface area (Å²) in [6, 6.07) is 10.1. The van der Waals surface area contributed by atoms with Crippen LogP contribution in [0.3, 0.4) is 0 Å². The molecule has 140 valence electrons. The smallest absolute Gasteiger partial charge is 0.267 e. The van der Waals surface area contributed by atoms with Crippen molar-refractivity contribution in [3.05, 3.63) is 72.1 Å². The number of carbonyl (C=O) groups excluding carboxylic acids is 1. The average molecular weight is 364 g/mol. The van der Waals surface area contributed by atoms with Crippen LogP contribution in [0, 0.1) is 0 Å². The van der Waals surface area contributed by atoms with Gasteiger partial charge in [0, 0.05) is 58.0 Å². The Labute approximate surface area is 158 Å². The second-order valence-corrected chi connectivity index (χ2v) is 7.00. The SMILES string of the molecule is Cn1cccc1C(=O)NCC[C@H]1CN(Cc2cccnc2)Cc2ccnn21. The molecule has 1 amide bonds. The van der Waals surface area contributed by atoms with Crippen molar-refractivity contribution in [3.8, 4) is 0 Å². The lowest BCUT2D eigenvalue weighted by Gasteiger charge is -2.34. The predicted molar refractivity (Wildman–Crippen MR) is 102 cm³/mol. The normalized spacial score (nSPS) is 16.9. The maximum Gasteiger partial charge on any atom is 0.267 e. The highest BCUT2D eigenvalue weighted by Gasteiger charge is 2.25. The maximum atomic E-state index is 12.3. The third-order valence-electron chi connectivity index (χ3n) is 5.02. The zero-order valence-electron chi connectivity index (χ0n) is 15.5. The van der Waals surface area contributed by atoms with E-state index in [2.05, 4.69) is 37.1 Å². The summed E-state index contributed by atoms with van der Waals surface area (Å²) >= 11 is 0. The van der Waals surface area contributed by atoms with Gasteiger partial charge in [0.1, 0.15) is 5.69 Å². The van der Waals surface area contributed by atoms with Crippen LogP contribution in [0.2, 0.25) is 0 Å². The van der Waals surface area contributed by atoms with Crippen LogP contribution in [0.15, 0.2) is 55.1 Å². The molecule has 0 saturated carbocycles. The van der Waals surface area contributed by atoms with Gasteiger partial charge in [-0.1, -0.05) is 6.07 Å². The van der Waals surface area contributed by atoms with Crippen LogP contribution in [-0.4, -0.2) is 43.2 Å². The van der Waals surface area contributed by atoms with Gasteiger partial charge in [-0.15, -0.1) is 0 Å². The van der Waals surface area contributed by atoms with Gasteiger partial charge in [-0.05, 0) is 36.2 Å². The Kier molecular flexibility index (Phi) is 5.02. The summed E-state index contributed by atoms with van der Waals surface area (Å²) in [5.74, 6) is -0.0359. The van der Waals surface area contributed by atoms with Crippen molar-refractivity contribution in [3.63, 3.8) is 0 Å². The molecular weight excluding hydrogens is 340 g/mol. The summed E-state index contributed by atoms with van der Waals surface area (Å²) in [5.41, 5.74) is 3.10. The van der Waals surface area contributed by atoms with Gasteiger partial charge < -0.3 is 9.88 Å². The minimum absolute atomic E-state index is 0.0359. The molecule has 3 aromatic heterocycles. The van der Waals surface area contributed by atoms with Gasteiger partial charge in [-0.25, -0.2) is 0 Å². The van der Waals surface area contributed by atoms with Gasteiger partial charge in [0.25, 0.3) is 5.91 Å². The van der Waals surface area contributed by atoms with E-state index in [9.17, 15) is 4.79 Å². The van der Waals surface area contributed by atoms with Crippen LogP contribution in [-0.2, 0) is 20.1 Å². The molecule has 3 aromatic rings. The summed E-state index contributed by atoms with van der Waals surface area (Å²) in [7, 11) is 1.88. The van der Waals surface area contributed by atoms with Crippen LogP contribution in [0.25, 0.3) is 0 Å². The fourth-order valence-electron chi connectivity index (χ4n) is 3.69. The van der Waals surface area contributed by atoms with Crippen molar-refractivity contribution < 1.29 is 4.79 Å². The zero-order chi connectivity index (χ0) is 18.6. The Morgan fingerprint density at radius 1 is 1.26 bits per heavy atom. The number of nitrogens with one attached hydrogen (secondary N) is 1. The molecule has 4 heterocycles. The number of aromatic nitrogens is 4. The van der Waals surface area contributed by atoms with Gasteiger partial charge in [-0.3, -0.25) is 19.4 Å². The highest BCUT2D eigenvalue weighted by molar-refractivity contribution is 5.92. The van der Waals surface area contributed by atoms with Crippen molar-refractivity contribution in [2.75, 3.05) is 13.1 Å². The van der Waals surface area contributed by atoms with Gasteiger partial charge in [-0.2, -0.15) is 5.10 Å². The van der Waals surface area contributed by atoms with Crippen LogP contribution < -0.4 is 5.32 Å². The van der Waals surface area contributed by atoms with Gasteiger partial charge >= 0.3 is 0 Å². The molecule has 0 aromatic carbocycles. The minimum Gasteiger partial charge on any atom is -0.351 e. The molecule has 27 heavy (non-hydrogen) atoms. The highest BCUT2D eigenvalue weighted by atomic mass is 16.1. The van der Waals surface area contributed by atoms with Crippen molar-refractivity contribution in [1.29, 1.82) is 0 Å². The van der Waals surface area contributed by atoms with Gasteiger partial charge in [0.15, 0.2) is 0 Å². The van der Waals surface area contributed by atoms with Crippen LogP contribution >= 0.6 is 0 Å². The molecule has 4 rings (SSSR count). The first-order chi connectivity index (χ1) is 13.2. The van der Waals surface area contributed by atoms with Crippen molar-refractivity contribution in [1.82, 2.24) is 29.5 Å². The van der Waals surface area contributed by atoms with Gasteiger partial charge in [0.2, 0.25) is 0 Å². The van der Waals surface area contributed by atoms with E-state index in [0.717, 1.165) is 26.1 Å². The summed E-state index contributed by atoms with van der Waals surface area (Å²) in [6.07, 6.45) is 8.29. The molecule has 0 fully saturated rings. The monoisotopic (exact) mass is 364 g/mol. The van der Waals surface area contributed by atoms with Gasteiger partial charge in [0.05, 0.1) is 11.7 Å².